The van der Waals surface area contributed by atoms with Gasteiger partial charge in [-0.3, -0.25) is 9.89 Å². The molecular formula is C14H24N4O3S. The highest BCUT2D eigenvalue weighted by molar-refractivity contribution is 7.88. The van der Waals surface area contributed by atoms with Crippen molar-refractivity contribution >= 4 is 15.9 Å². The molecule has 0 aliphatic carbocycles. The van der Waals surface area contributed by atoms with Crippen LogP contribution in [0.3, 0.4) is 0 Å². The summed E-state index contributed by atoms with van der Waals surface area (Å²) in [5.41, 5.74) is 0.990. The molecule has 0 unspecified atom stereocenters. The Bertz CT molecular complexity index is 585. The fourth-order valence-corrected chi connectivity index (χ4v) is 3.77. The summed E-state index contributed by atoms with van der Waals surface area (Å²) in [5, 5.41) is 9.57. The predicted octanol–water partition coefficient (Wildman–Crippen LogP) is 0.519. The van der Waals surface area contributed by atoms with E-state index in [-0.39, 0.29) is 17.9 Å². The first-order valence-corrected chi connectivity index (χ1v) is 9.47. The van der Waals surface area contributed by atoms with Crippen LogP contribution in [-0.4, -0.2) is 54.2 Å². The second-order valence-electron chi connectivity index (χ2n) is 5.91. The van der Waals surface area contributed by atoms with E-state index in [1.165, 1.54) is 10.6 Å². The summed E-state index contributed by atoms with van der Waals surface area (Å²) in [7, 11) is -3.20. The van der Waals surface area contributed by atoms with Crippen LogP contribution in [0.5, 0.6) is 0 Å². The zero-order valence-corrected chi connectivity index (χ0v) is 13.9. The molecule has 124 valence electrons. The van der Waals surface area contributed by atoms with E-state index < -0.39 is 10.0 Å². The van der Waals surface area contributed by atoms with Gasteiger partial charge in [0.15, 0.2) is 0 Å². The molecule has 2 heterocycles. The number of carbonyl (C=O) groups is 1. The van der Waals surface area contributed by atoms with E-state index >= 15 is 0 Å². The lowest BCUT2D eigenvalue weighted by Gasteiger charge is -2.19. The van der Waals surface area contributed by atoms with Gasteiger partial charge >= 0.3 is 0 Å². The zero-order chi connectivity index (χ0) is 16.2. The highest BCUT2D eigenvalue weighted by Gasteiger charge is 2.37. The normalized spacial score (nSPS) is 22.8. The monoisotopic (exact) mass is 328 g/mol. The molecule has 0 radical (unpaired) electrons. The Hall–Kier alpha value is -1.41. The molecule has 7 nitrogen and oxygen atoms in total. The molecule has 1 aliphatic rings. The second-order valence-corrected chi connectivity index (χ2v) is 7.89. The van der Waals surface area contributed by atoms with E-state index in [4.69, 9.17) is 0 Å². The van der Waals surface area contributed by atoms with Crippen LogP contribution in [0.1, 0.15) is 31.7 Å². The van der Waals surface area contributed by atoms with E-state index in [2.05, 4.69) is 22.4 Å². The summed E-state index contributed by atoms with van der Waals surface area (Å²) in [4.78, 5) is 12.1. The van der Waals surface area contributed by atoms with Gasteiger partial charge in [0.1, 0.15) is 0 Å². The number of hydrogen-bond acceptors (Lipinski definition) is 4. The van der Waals surface area contributed by atoms with Crippen LogP contribution in [0.15, 0.2) is 12.4 Å². The minimum absolute atomic E-state index is 0.0392. The van der Waals surface area contributed by atoms with Crippen molar-refractivity contribution < 1.29 is 13.2 Å². The summed E-state index contributed by atoms with van der Waals surface area (Å²) in [5.74, 6) is 0.153. The van der Waals surface area contributed by atoms with Crippen molar-refractivity contribution in [2.75, 3.05) is 19.3 Å². The van der Waals surface area contributed by atoms with Crippen molar-refractivity contribution in [1.29, 1.82) is 0 Å². The van der Waals surface area contributed by atoms with E-state index in [0.717, 1.165) is 18.4 Å². The Labute approximate surface area is 131 Å². The largest absolute Gasteiger partial charge is 0.352 e. The van der Waals surface area contributed by atoms with Gasteiger partial charge in [0.25, 0.3) is 0 Å². The van der Waals surface area contributed by atoms with E-state index in [9.17, 15) is 13.2 Å². The summed E-state index contributed by atoms with van der Waals surface area (Å²) in [6, 6.07) is -0.0912. The van der Waals surface area contributed by atoms with Gasteiger partial charge in [0.2, 0.25) is 15.9 Å². The van der Waals surface area contributed by atoms with E-state index in [1.54, 1.807) is 12.4 Å². The minimum atomic E-state index is -3.20. The average molecular weight is 328 g/mol. The predicted molar refractivity (Wildman–Crippen MR) is 83.7 cm³/mol. The molecular weight excluding hydrogens is 304 g/mol. The molecule has 0 bridgehead atoms. The number of hydrogen-bond donors (Lipinski definition) is 2. The lowest BCUT2D eigenvalue weighted by atomic mass is 9.98. The quantitative estimate of drug-likeness (QED) is 0.763. The van der Waals surface area contributed by atoms with Crippen molar-refractivity contribution in [3.63, 3.8) is 0 Å². The van der Waals surface area contributed by atoms with Crippen molar-refractivity contribution in [2.24, 2.45) is 5.92 Å². The van der Waals surface area contributed by atoms with Crippen molar-refractivity contribution in [3.05, 3.63) is 18.0 Å². The molecule has 0 aromatic carbocycles. The highest BCUT2D eigenvalue weighted by Crippen LogP contribution is 2.23. The van der Waals surface area contributed by atoms with E-state index in [1.807, 2.05) is 0 Å². The molecule has 2 rings (SSSR count). The van der Waals surface area contributed by atoms with Gasteiger partial charge in [0.05, 0.1) is 12.5 Å². The van der Waals surface area contributed by atoms with Crippen LogP contribution in [-0.2, 0) is 21.2 Å². The fraction of sp³-hybridized carbons (Fsp3) is 0.714. The van der Waals surface area contributed by atoms with Crippen LogP contribution in [0, 0.1) is 5.92 Å². The summed E-state index contributed by atoms with van der Waals surface area (Å²) in [6.45, 7) is 2.95. The molecule has 8 heteroatoms. The fourth-order valence-electron chi connectivity index (χ4n) is 2.88. The molecule has 0 saturated carbocycles. The number of carbonyl (C=O) groups excluding carboxylic acids is 1. The maximum absolute atomic E-state index is 12.1. The first-order valence-electron chi connectivity index (χ1n) is 7.62. The van der Waals surface area contributed by atoms with Gasteiger partial charge in [-0.25, -0.2) is 8.42 Å². The third-order valence-corrected chi connectivity index (χ3v) is 5.31. The summed E-state index contributed by atoms with van der Waals surface area (Å²) >= 11 is 0. The van der Waals surface area contributed by atoms with Gasteiger partial charge in [-0.2, -0.15) is 9.40 Å². The van der Waals surface area contributed by atoms with Crippen molar-refractivity contribution in [2.45, 2.75) is 38.6 Å². The number of amides is 1. The number of aromatic amines is 1. The zero-order valence-electron chi connectivity index (χ0n) is 13.1. The second kappa shape index (κ2) is 7.23. The Morgan fingerprint density at radius 3 is 2.86 bits per heavy atom. The maximum Gasteiger partial charge on any atom is 0.220 e. The highest BCUT2D eigenvalue weighted by atomic mass is 32.2. The molecule has 22 heavy (non-hydrogen) atoms. The number of nitrogens with zero attached hydrogens (tertiary/aromatic N) is 2. The van der Waals surface area contributed by atoms with Gasteiger partial charge < -0.3 is 5.32 Å². The molecule has 1 fully saturated rings. The van der Waals surface area contributed by atoms with Gasteiger partial charge in [0, 0.05) is 31.7 Å². The van der Waals surface area contributed by atoms with Crippen LogP contribution in [0.2, 0.25) is 0 Å². The molecule has 1 aromatic rings. The Morgan fingerprint density at radius 2 is 2.27 bits per heavy atom. The Balaban J connectivity index is 1.89. The van der Waals surface area contributed by atoms with Crippen LogP contribution >= 0.6 is 0 Å². The van der Waals surface area contributed by atoms with Gasteiger partial charge in [-0.1, -0.05) is 13.3 Å². The van der Waals surface area contributed by atoms with Crippen LogP contribution in [0.25, 0.3) is 0 Å². The molecule has 1 amide bonds. The summed E-state index contributed by atoms with van der Waals surface area (Å²) < 4.78 is 24.9. The third-order valence-electron chi connectivity index (χ3n) is 4.08. The molecule has 2 N–H and O–H groups in total. The van der Waals surface area contributed by atoms with Crippen molar-refractivity contribution in [3.8, 4) is 0 Å². The first kappa shape index (κ1) is 17.0. The topological polar surface area (TPSA) is 95.2 Å². The molecule has 2 atom stereocenters. The number of rotatable bonds is 7. The summed E-state index contributed by atoms with van der Waals surface area (Å²) in [6.07, 6.45) is 7.60. The Kier molecular flexibility index (Phi) is 5.57. The lowest BCUT2D eigenvalue weighted by molar-refractivity contribution is -0.121. The number of aromatic nitrogens is 2. The standard InChI is InChI=1S/C14H24N4O3S/c1-3-4-12-9-18(22(2,20)21)10-13(12)17-14(19)6-5-11-7-15-16-8-11/h7-8,12-13H,3-6,9-10H2,1-2H3,(H,15,16)(H,17,19)/t12-,13-/m1/s1. The number of aryl methyl sites for hydroxylation is 1. The Morgan fingerprint density at radius 1 is 1.50 bits per heavy atom. The van der Waals surface area contributed by atoms with Gasteiger partial charge in [-0.15, -0.1) is 0 Å². The van der Waals surface area contributed by atoms with E-state index in [0.29, 0.717) is 25.9 Å². The van der Waals surface area contributed by atoms with Crippen LogP contribution in [0.4, 0.5) is 0 Å². The molecule has 1 saturated heterocycles. The SMILES string of the molecule is CCC[C@@H]1CN(S(C)(=O)=O)C[C@H]1NC(=O)CCc1cn[nH]c1. The number of sulfonamides is 1. The smallest absolute Gasteiger partial charge is 0.220 e. The first-order chi connectivity index (χ1) is 10.4. The number of nitrogens with one attached hydrogen (secondary N) is 2. The molecule has 0 spiro atoms. The number of H-pyrrole nitrogens is 1. The lowest BCUT2D eigenvalue weighted by Crippen LogP contribution is -2.41. The maximum atomic E-state index is 12.1. The third kappa shape index (κ3) is 4.54. The van der Waals surface area contributed by atoms with Crippen molar-refractivity contribution in [1.82, 2.24) is 19.8 Å². The average Bonchev–Trinajstić information content (AvgIpc) is 3.06. The van der Waals surface area contributed by atoms with Gasteiger partial charge in [-0.05, 0) is 24.3 Å². The minimum Gasteiger partial charge on any atom is -0.352 e. The molecule has 1 aliphatic heterocycles. The molecule has 1 aromatic heterocycles. The van der Waals surface area contributed by atoms with Crippen LogP contribution < -0.4 is 5.32 Å².